The van der Waals surface area contributed by atoms with Gasteiger partial charge >= 0.3 is 0 Å². The first-order valence-electron chi connectivity index (χ1n) is 6.69. The van der Waals surface area contributed by atoms with Crippen LogP contribution >= 0.6 is 0 Å². The molecule has 0 saturated heterocycles. The largest absolute Gasteiger partial charge is 0.496 e. The Morgan fingerprint density at radius 3 is 2.67 bits per heavy atom. The Labute approximate surface area is 124 Å². The molecule has 0 unspecified atom stereocenters. The summed E-state index contributed by atoms with van der Waals surface area (Å²) in [5.41, 5.74) is 7.94. The Morgan fingerprint density at radius 1 is 1.29 bits per heavy atom. The van der Waals surface area contributed by atoms with Crippen LogP contribution in [0.1, 0.15) is 15.9 Å². The first-order valence-corrected chi connectivity index (χ1v) is 6.69. The van der Waals surface area contributed by atoms with Crippen molar-refractivity contribution in [1.29, 1.82) is 0 Å². The number of anilines is 1. The molecule has 2 N–H and O–H groups in total. The molecule has 1 amide bonds. The van der Waals surface area contributed by atoms with Crippen molar-refractivity contribution in [3.05, 3.63) is 53.9 Å². The smallest absolute Gasteiger partial charge is 0.257 e. The van der Waals surface area contributed by atoms with Crippen LogP contribution in [0.2, 0.25) is 0 Å². The molecule has 0 radical (unpaired) electrons. The standard InChI is InChI=1S/C16H19N3O2/c1-19(10-7-12-5-8-18-9-6-12)16(20)14-4-3-13(17)11-15(14)21-2/h3-6,8-9,11H,7,10,17H2,1-2H3. The van der Waals surface area contributed by atoms with Crippen LogP contribution in [0.4, 0.5) is 5.69 Å². The molecule has 0 atom stereocenters. The van der Waals surface area contributed by atoms with Gasteiger partial charge < -0.3 is 15.4 Å². The number of amides is 1. The van der Waals surface area contributed by atoms with Gasteiger partial charge in [-0.05, 0) is 36.2 Å². The second-order valence-corrected chi connectivity index (χ2v) is 4.79. The van der Waals surface area contributed by atoms with Gasteiger partial charge in [0.05, 0.1) is 12.7 Å². The summed E-state index contributed by atoms with van der Waals surface area (Å²) in [6.07, 6.45) is 4.28. The van der Waals surface area contributed by atoms with E-state index < -0.39 is 0 Å². The van der Waals surface area contributed by atoms with E-state index in [1.54, 1.807) is 42.5 Å². The molecule has 0 aliphatic heterocycles. The number of aromatic nitrogens is 1. The first kappa shape index (κ1) is 14.8. The highest BCUT2D eigenvalue weighted by Gasteiger charge is 2.16. The number of pyridine rings is 1. The van der Waals surface area contributed by atoms with E-state index in [1.807, 2.05) is 12.1 Å². The minimum absolute atomic E-state index is 0.0825. The second kappa shape index (κ2) is 6.74. The van der Waals surface area contributed by atoms with E-state index in [4.69, 9.17) is 10.5 Å². The van der Waals surface area contributed by atoms with Crippen molar-refractivity contribution in [2.75, 3.05) is 26.4 Å². The molecule has 0 aliphatic rings. The molecule has 0 bridgehead atoms. The highest BCUT2D eigenvalue weighted by Crippen LogP contribution is 2.22. The number of likely N-dealkylation sites (N-methyl/N-ethyl adjacent to an activating group) is 1. The third kappa shape index (κ3) is 3.72. The summed E-state index contributed by atoms with van der Waals surface area (Å²) in [5.74, 6) is 0.414. The second-order valence-electron chi connectivity index (χ2n) is 4.79. The molecule has 0 spiro atoms. The van der Waals surface area contributed by atoms with Crippen molar-refractivity contribution in [2.24, 2.45) is 0 Å². The molecule has 1 aromatic carbocycles. The molecule has 0 fully saturated rings. The van der Waals surface area contributed by atoms with Gasteiger partial charge in [0.1, 0.15) is 5.75 Å². The van der Waals surface area contributed by atoms with Gasteiger partial charge in [-0.15, -0.1) is 0 Å². The number of nitrogen functional groups attached to an aromatic ring is 1. The molecule has 1 heterocycles. The molecule has 2 aromatic rings. The van der Waals surface area contributed by atoms with Crippen LogP contribution in [0.5, 0.6) is 5.75 Å². The zero-order valence-corrected chi connectivity index (χ0v) is 12.2. The normalized spacial score (nSPS) is 10.2. The van der Waals surface area contributed by atoms with E-state index in [1.165, 1.54) is 7.11 Å². The van der Waals surface area contributed by atoms with Crippen molar-refractivity contribution >= 4 is 11.6 Å². The van der Waals surface area contributed by atoms with Crippen LogP contribution in [0.3, 0.4) is 0 Å². The van der Waals surface area contributed by atoms with Crippen molar-refractivity contribution in [2.45, 2.75) is 6.42 Å². The number of hydrogen-bond acceptors (Lipinski definition) is 4. The van der Waals surface area contributed by atoms with Gasteiger partial charge in [0.25, 0.3) is 5.91 Å². The number of nitrogens with zero attached hydrogens (tertiary/aromatic N) is 2. The maximum atomic E-state index is 12.4. The predicted octanol–water partition coefficient (Wildman–Crippen LogP) is 1.99. The Morgan fingerprint density at radius 2 is 2.00 bits per heavy atom. The summed E-state index contributed by atoms with van der Waals surface area (Å²) in [6.45, 7) is 0.621. The summed E-state index contributed by atoms with van der Waals surface area (Å²) in [4.78, 5) is 18.1. The van der Waals surface area contributed by atoms with E-state index in [9.17, 15) is 4.79 Å². The zero-order valence-electron chi connectivity index (χ0n) is 12.2. The molecule has 5 nitrogen and oxygen atoms in total. The van der Waals surface area contributed by atoms with Crippen molar-refractivity contribution < 1.29 is 9.53 Å². The Bertz CT molecular complexity index is 614. The lowest BCUT2D eigenvalue weighted by Crippen LogP contribution is -2.29. The van der Waals surface area contributed by atoms with Crippen LogP contribution in [-0.4, -0.2) is 36.5 Å². The minimum Gasteiger partial charge on any atom is -0.496 e. The topological polar surface area (TPSA) is 68.5 Å². The van der Waals surface area contributed by atoms with Gasteiger partial charge in [0.2, 0.25) is 0 Å². The number of benzene rings is 1. The van der Waals surface area contributed by atoms with Crippen LogP contribution in [0, 0.1) is 0 Å². The Kier molecular flexibility index (Phi) is 4.77. The lowest BCUT2D eigenvalue weighted by atomic mass is 10.1. The van der Waals surface area contributed by atoms with Crippen LogP contribution < -0.4 is 10.5 Å². The van der Waals surface area contributed by atoms with Gasteiger partial charge in [-0.3, -0.25) is 9.78 Å². The summed E-state index contributed by atoms with van der Waals surface area (Å²) in [6, 6.07) is 8.94. The average Bonchev–Trinajstić information content (AvgIpc) is 2.52. The van der Waals surface area contributed by atoms with E-state index in [-0.39, 0.29) is 5.91 Å². The van der Waals surface area contributed by atoms with Crippen LogP contribution in [0.15, 0.2) is 42.7 Å². The number of nitrogens with two attached hydrogens (primary N) is 1. The van der Waals surface area contributed by atoms with E-state index >= 15 is 0 Å². The van der Waals surface area contributed by atoms with Crippen molar-refractivity contribution in [3.63, 3.8) is 0 Å². The number of hydrogen-bond donors (Lipinski definition) is 1. The van der Waals surface area contributed by atoms with Crippen LogP contribution in [0.25, 0.3) is 0 Å². The summed E-state index contributed by atoms with van der Waals surface area (Å²) in [5, 5.41) is 0. The SMILES string of the molecule is COc1cc(N)ccc1C(=O)N(C)CCc1ccncc1. The lowest BCUT2D eigenvalue weighted by Gasteiger charge is -2.19. The number of methoxy groups -OCH3 is 1. The van der Waals surface area contributed by atoms with Gasteiger partial charge in [0.15, 0.2) is 0 Å². The first-order chi connectivity index (χ1) is 10.1. The molecule has 0 saturated carbocycles. The summed E-state index contributed by atoms with van der Waals surface area (Å²) in [7, 11) is 3.31. The maximum Gasteiger partial charge on any atom is 0.257 e. The monoisotopic (exact) mass is 285 g/mol. The fourth-order valence-electron chi connectivity index (χ4n) is 2.04. The van der Waals surface area contributed by atoms with Gasteiger partial charge in [-0.2, -0.15) is 0 Å². The predicted molar refractivity (Wildman–Crippen MR) is 82.3 cm³/mol. The third-order valence-electron chi connectivity index (χ3n) is 3.29. The molecule has 110 valence electrons. The molecule has 21 heavy (non-hydrogen) atoms. The molecular formula is C16H19N3O2. The number of rotatable bonds is 5. The number of carbonyl (C=O) groups excluding carboxylic acids is 1. The number of carbonyl (C=O) groups is 1. The molecule has 2 rings (SSSR count). The lowest BCUT2D eigenvalue weighted by molar-refractivity contribution is 0.0793. The van der Waals surface area contributed by atoms with Gasteiger partial charge in [0, 0.05) is 37.7 Å². The third-order valence-corrected chi connectivity index (χ3v) is 3.29. The molecule has 5 heteroatoms. The van der Waals surface area contributed by atoms with Crippen molar-refractivity contribution in [1.82, 2.24) is 9.88 Å². The molecular weight excluding hydrogens is 266 g/mol. The highest BCUT2D eigenvalue weighted by atomic mass is 16.5. The maximum absolute atomic E-state index is 12.4. The van der Waals surface area contributed by atoms with Gasteiger partial charge in [-0.25, -0.2) is 0 Å². The number of ether oxygens (including phenoxy) is 1. The Hall–Kier alpha value is -2.56. The quantitative estimate of drug-likeness (QED) is 0.853. The summed E-state index contributed by atoms with van der Waals surface area (Å²) < 4.78 is 5.22. The van der Waals surface area contributed by atoms with Crippen LogP contribution in [-0.2, 0) is 6.42 Å². The average molecular weight is 285 g/mol. The Balaban J connectivity index is 2.05. The van der Waals surface area contributed by atoms with Gasteiger partial charge in [-0.1, -0.05) is 0 Å². The summed E-state index contributed by atoms with van der Waals surface area (Å²) >= 11 is 0. The molecule has 1 aromatic heterocycles. The minimum atomic E-state index is -0.0825. The zero-order chi connectivity index (χ0) is 15.2. The van der Waals surface area contributed by atoms with E-state index in [0.29, 0.717) is 23.5 Å². The van der Waals surface area contributed by atoms with E-state index in [0.717, 1.165) is 12.0 Å². The van der Waals surface area contributed by atoms with Crippen molar-refractivity contribution in [3.8, 4) is 5.75 Å². The molecule has 0 aliphatic carbocycles. The fourth-order valence-corrected chi connectivity index (χ4v) is 2.04. The highest BCUT2D eigenvalue weighted by molar-refractivity contribution is 5.97. The van der Waals surface area contributed by atoms with E-state index in [2.05, 4.69) is 4.98 Å². The fraction of sp³-hybridized carbons (Fsp3) is 0.250.